The zero-order valence-electron chi connectivity index (χ0n) is 3.93. The predicted molar refractivity (Wildman–Crippen MR) is 34.0 cm³/mol. The van der Waals surface area contributed by atoms with Gasteiger partial charge >= 0.3 is 0 Å². The minimum Gasteiger partial charge on any atom is -0.306 e. The van der Waals surface area contributed by atoms with Crippen molar-refractivity contribution in [1.82, 2.24) is 0 Å². The Bertz CT molecular complexity index is 75.3. The van der Waals surface area contributed by atoms with Crippen molar-refractivity contribution >= 4 is 27.0 Å². The Morgan fingerprint density at radius 2 is 2.43 bits per heavy atom. The third-order valence-corrected chi connectivity index (χ3v) is 2.82. The molecule has 0 heterocycles. The zero-order valence-corrected chi connectivity index (χ0v) is 6.33. The highest BCUT2D eigenvalue weighted by Crippen LogP contribution is 1.95. The molecule has 4 heteroatoms. The third-order valence-electron chi connectivity index (χ3n) is 0.562. The van der Waals surface area contributed by atoms with Crippen LogP contribution in [0.25, 0.3) is 0 Å². The summed E-state index contributed by atoms with van der Waals surface area (Å²) in [6.45, 7) is 1.70. The van der Waals surface area contributed by atoms with Crippen LogP contribution in [0.2, 0.25) is 0 Å². The normalized spacial score (nSPS) is 18.7. The molecule has 0 saturated carbocycles. The van der Waals surface area contributed by atoms with E-state index in [2.05, 4.69) is 15.9 Å². The summed E-state index contributed by atoms with van der Waals surface area (Å²) in [5.74, 6) is 0. The van der Waals surface area contributed by atoms with E-state index in [0.717, 1.165) is 0 Å². The Labute approximate surface area is 53.7 Å². The van der Waals surface area contributed by atoms with Gasteiger partial charge in [0.1, 0.15) is 0 Å². The van der Waals surface area contributed by atoms with Crippen LogP contribution in [0.3, 0.4) is 0 Å². The molecular formula is C3H7BrO2S. The van der Waals surface area contributed by atoms with E-state index in [-0.39, 0.29) is 5.25 Å². The fourth-order valence-corrected chi connectivity index (χ4v) is 0.840. The lowest BCUT2D eigenvalue weighted by atomic mass is 10.6. The van der Waals surface area contributed by atoms with Crippen LogP contribution in [0.4, 0.5) is 0 Å². The molecule has 0 amide bonds. The second-order valence-electron chi connectivity index (χ2n) is 1.24. The molecule has 0 bridgehead atoms. The lowest BCUT2D eigenvalue weighted by Gasteiger charge is -1.96. The molecule has 2 nitrogen and oxygen atoms in total. The van der Waals surface area contributed by atoms with Crippen LogP contribution in [-0.4, -0.2) is 19.3 Å². The molecule has 0 aliphatic carbocycles. The first-order valence-corrected chi connectivity index (χ1v) is 4.13. The summed E-state index contributed by atoms with van der Waals surface area (Å²) in [5.41, 5.74) is 0. The second kappa shape index (κ2) is 3.57. The molecule has 0 aliphatic rings. The SMILES string of the molecule is CC(CBr)S(=O)O. The molecule has 0 aromatic carbocycles. The number of hydrogen-bond donors (Lipinski definition) is 1. The average molecular weight is 187 g/mol. The molecular weight excluding hydrogens is 180 g/mol. The van der Waals surface area contributed by atoms with Crippen LogP contribution in [0.1, 0.15) is 6.92 Å². The van der Waals surface area contributed by atoms with Crippen molar-refractivity contribution in [2.75, 3.05) is 5.33 Å². The summed E-state index contributed by atoms with van der Waals surface area (Å²) in [5, 5.41) is 0.427. The molecule has 0 aromatic heterocycles. The highest BCUT2D eigenvalue weighted by Gasteiger charge is 2.03. The Kier molecular flexibility index (Phi) is 3.88. The van der Waals surface area contributed by atoms with Crippen molar-refractivity contribution in [2.24, 2.45) is 0 Å². The molecule has 0 fully saturated rings. The monoisotopic (exact) mass is 186 g/mol. The van der Waals surface area contributed by atoms with Gasteiger partial charge in [-0.25, -0.2) is 4.21 Å². The van der Waals surface area contributed by atoms with Crippen LogP contribution in [0, 0.1) is 0 Å². The maximum atomic E-state index is 10.0. The largest absolute Gasteiger partial charge is 0.306 e. The standard InChI is InChI=1S/C3H7BrO2S/c1-3(2-4)7(5)6/h3H,2H2,1H3,(H,5,6). The van der Waals surface area contributed by atoms with Crippen molar-refractivity contribution in [3.8, 4) is 0 Å². The molecule has 7 heavy (non-hydrogen) atoms. The van der Waals surface area contributed by atoms with E-state index in [1.807, 2.05) is 0 Å². The van der Waals surface area contributed by atoms with Crippen molar-refractivity contribution in [1.29, 1.82) is 0 Å². The van der Waals surface area contributed by atoms with E-state index in [0.29, 0.717) is 5.33 Å². The predicted octanol–water partition coefficient (Wildman–Crippen LogP) is 0.992. The fourth-order valence-electron chi connectivity index (χ4n) is 0.0539. The topological polar surface area (TPSA) is 37.3 Å². The number of alkyl halides is 1. The maximum Gasteiger partial charge on any atom is 0.156 e. The van der Waals surface area contributed by atoms with Gasteiger partial charge in [-0.3, -0.25) is 0 Å². The second-order valence-corrected chi connectivity index (χ2v) is 3.25. The summed E-state index contributed by atoms with van der Waals surface area (Å²) in [7, 11) is 0. The molecule has 0 aromatic rings. The molecule has 0 rings (SSSR count). The van der Waals surface area contributed by atoms with E-state index >= 15 is 0 Å². The minimum atomic E-state index is -1.66. The highest BCUT2D eigenvalue weighted by molar-refractivity contribution is 9.09. The van der Waals surface area contributed by atoms with E-state index in [4.69, 9.17) is 4.55 Å². The summed E-state index contributed by atoms with van der Waals surface area (Å²) < 4.78 is 18.3. The lowest BCUT2D eigenvalue weighted by molar-refractivity contribution is 0.556. The van der Waals surface area contributed by atoms with Gasteiger partial charge in [0.05, 0.1) is 5.25 Å². The van der Waals surface area contributed by atoms with Crippen LogP contribution in [0.5, 0.6) is 0 Å². The zero-order chi connectivity index (χ0) is 5.86. The van der Waals surface area contributed by atoms with Gasteiger partial charge in [-0.15, -0.1) is 0 Å². The van der Waals surface area contributed by atoms with Crippen molar-refractivity contribution in [3.63, 3.8) is 0 Å². The first-order chi connectivity index (χ1) is 3.18. The van der Waals surface area contributed by atoms with Gasteiger partial charge in [0.25, 0.3) is 0 Å². The van der Waals surface area contributed by atoms with Crippen LogP contribution in [0.15, 0.2) is 0 Å². The molecule has 0 radical (unpaired) electrons. The molecule has 0 saturated heterocycles. The van der Waals surface area contributed by atoms with Crippen molar-refractivity contribution in [2.45, 2.75) is 12.2 Å². The highest BCUT2D eigenvalue weighted by atomic mass is 79.9. The summed E-state index contributed by atoms with van der Waals surface area (Å²) in [6.07, 6.45) is 0. The number of hydrogen-bond acceptors (Lipinski definition) is 1. The lowest BCUT2D eigenvalue weighted by Crippen LogP contribution is -2.09. The van der Waals surface area contributed by atoms with E-state index in [9.17, 15) is 4.21 Å². The van der Waals surface area contributed by atoms with E-state index < -0.39 is 11.1 Å². The van der Waals surface area contributed by atoms with Gasteiger partial charge in [-0.1, -0.05) is 15.9 Å². The summed E-state index contributed by atoms with van der Waals surface area (Å²) in [4.78, 5) is 0. The Hall–Kier alpha value is 0.590. The molecule has 2 unspecified atom stereocenters. The fraction of sp³-hybridized carbons (Fsp3) is 1.00. The van der Waals surface area contributed by atoms with Crippen LogP contribution < -0.4 is 0 Å². The smallest absolute Gasteiger partial charge is 0.156 e. The quantitative estimate of drug-likeness (QED) is 0.517. The van der Waals surface area contributed by atoms with Gasteiger partial charge in [0.2, 0.25) is 0 Å². The molecule has 44 valence electrons. The first-order valence-electron chi connectivity index (χ1n) is 1.84. The number of halogens is 1. The number of rotatable bonds is 2. The Morgan fingerprint density at radius 3 is 2.43 bits per heavy atom. The van der Waals surface area contributed by atoms with E-state index in [1.54, 1.807) is 6.92 Å². The molecule has 0 spiro atoms. The van der Waals surface area contributed by atoms with Crippen LogP contribution in [-0.2, 0) is 11.1 Å². The van der Waals surface area contributed by atoms with Gasteiger partial charge in [-0.2, -0.15) is 0 Å². The van der Waals surface area contributed by atoms with Crippen molar-refractivity contribution in [3.05, 3.63) is 0 Å². The Morgan fingerprint density at radius 1 is 2.00 bits per heavy atom. The van der Waals surface area contributed by atoms with Crippen molar-refractivity contribution < 1.29 is 8.76 Å². The average Bonchev–Trinajstić information content (AvgIpc) is 1.65. The molecule has 0 aliphatic heterocycles. The molecule has 2 atom stereocenters. The van der Waals surface area contributed by atoms with Gasteiger partial charge in [0.15, 0.2) is 11.1 Å². The third kappa shape index (κ3) is 3.20. The van der Waals surface area contributed by atoms with Crippen LogP contribution >= 0.6 is 15.9 Å². The maximum absolute atomic E-state index is 10.0. The van der Waals surface area contributed by atoms with Gasteiger partial charge in [0, 0.05) is 5.33 Å². The van der Waals surface area contributed by atoms with Gasteiger partial charge < -0.3 is 4.55 Å². The summed E-state index contributed by atoms with van der Waals surface area (Å²) in [6, 6.07) is 0. The Balaban J connectivity index is 3.34. The summed E-state index contributed by atoms with van der Waals surface area (Å²) >= 11 is 1.41. The molecule has 1 N–H and O–H groups in total. The van der Waals surface area contributed by atoms with E-state index in [1.165, 1.54) is 0 Å². The first kappa shape index (κ1) is 7.59. The van der Waals surface area contributed by atoms with Gasteiger partial charge in [-0.05, 0) is 6.92 Å². The minimum absolute atomic E-state index is 0.153.